The molecule has 0 fully saturated rings. The van der Waals surface area contributed by atoms with Gasteiger partial charge in [0.25, 0.3) is 0 Å². The van der Waals surface area contributed by atoms with Gasteiger partial charge in [-0.2, -0.15) is 11.8 Å². The van der Waals surface area contributed by atoms with Gasteiger partial charge in [0.05, 0.1) is 13.2 Å². The number of benzene rings is 1. The molecule has 0 bridgehead atoms. The van der Waals surface area contributed by atoms with Crippen LogP contribution in [0.2, 0.25) is 0 Å². The van der Waals surface area contributed by atoms with Crippen LogP contribution in [-0.4, -0.2) is 48.5 Å². The van der Waals surface area contributed by atoms with Crippen molar-refractivity contribution in [2.75, 3.05) is 25.7 Å². The maximum atomic E-state index is 12.4. The minimum atomic E-state index is -0.739. The fourth-order valence-corrected chi connectivity index (χ4v) is 2.77. The first-order chi connectivity index (χ1) is 11.5. The Morgan fingerprint density at radius 1 is 1.46 bits per heavy atom. The molecule has 7 nitrogen and oxygen atoms in total. The number of esters is 1. The molecular weight excluding hydrogens is 332 g/mol. The van der Waals surface area contributed by atoms with Gasteiger partial charge < -0.3 is 19.9 Å². The van der Waals surface area contributed by atoms with E-state index in [1.807, 2.05) is 6.26 Å². The number of aliphatic imine (C=N–C) groups is 1. The predicted molar refractivity (Wildman–Crippen MR) is 91.9 cm³/mol. The molecule has 2 unspecified atom stereocenters. The summed E-state index contributed by atoms with van der Waals surface area (Å²) < 4.78 is 10.3. The van der Waals surface area contributed by atoms with Gasteiger partial charge in [-0.25, -0.2) is 9.79 Å². The van der Waals surface area contributed by atoms with Crippen molar-refractivity contribution in [1.82, 2.24) is 5.32 Å². The molecule has 2 amide bonds. The highest BCUT2D eigenvalue weighted by atomic mass is 32.2. The number of phenols is 1. The summed E-state index contributed by atoms with van der Waals surface area (Å²) >= 11 is 1.57. The number of hydrogen-bond donors (Lipinski definition) is 2. The van der Waals surface area contributed by atoms with Crippen LogP contribution >= 0.6 is 11.8 Å². The standard InChI is InChI=1S/C16H20N2O5S/c1-9-13(15(20)23-6-7-24-3)14(18-16(21)17-9)10-4-5-12(22-2)11(19)8-10/h4-5,8,13-14,19H,6-7H2,1-3H3,(H,18,21). The lowest BCUT2D eigenvalue weighted by Gasteiger charge is -2.29. The highest BCUT2D eigenvalue weighted by molar-refractivity contribution is 7.98. The summed E-state index contributed by atoms with van der Waals surface area (Å²) in [7, 11) is 1.44. The zero-order valence-corrected chi connectivity index (χ0v) is 14.6. The van der Waals surface area contributed by atoms with E-state index >= 15 is 0 Å². The number of carbonyl (C=O) groups is 2. The van der Waals surface area contributed by atoms with Crippen LogP contribution in [0.4, 0.5) is 4.79 Å². The van der Waals surface area contributed by atoms with Gasteiger partial charge in [0, 0.05) is 11.5 Å². The molecule has 1 aliphatic rings. The number of phenolic OH excluding ortho intramolecular Hbond substituents is 1. The smallest absolute Gasteiger partial charge is 0.341 e. The Balaban J connectivity index is 2.30. The zero-order valence-electron chi connectivity index (χ0n) is 13.7. The van der Waals surface area contributed by atoms with E-state index in [-0.39, 0.29) is 12.4 Å². The lowest BCUT2D eigenvalue weighted by molar-refractivity contribution is -0.146. The largest absolute Gasteiger partial charge is 0.504 e. The summed E-state index contributed by atoms with van der Waals surface area (Å²) in [5.74, 6) is -0.262. The van der Waals surface area contributed by atoms with E-state index in [2.05, 4.69) is 10.3 Å². The topological polar surface area (TPSA) is 97.2 Å². The monoisotopic (exact) mass is 352 g/mol. The molecular formula is C16H20N2O5S. The average Bonchev–Trinajstić information content (AvgIpc) is 2.54. The third kappa shape index (κ3) is 4.00. The second-order valence-corrected chi connectivity index (χ2v) is 6.24. The first-order valence-electron chi connectivity index (χ1n) is 7.36. The number of thioether (sulfide) groups is 1. The Kier molecular flexibility index (Phi) is 6.08. The molecule has 24 heavy (non-hydrogen) atoms. The van der Waals surface area contributed by atoms with Crippen LogP contribution < -0.4 is 10.1 Å². The van der Waals surface area contributed by atoms with Crippen molar-refractivity contribution in [2.45, 2.75) is 13.0 Å². The number of carbonyl (C=O) groups excluding carboxylic acids is 2. The van der Waals surface area contributed by atoms with Crippen LogP contribution in [0.25, 0.3) is 0 Å². The van der Waals surface area contributed by atoms with Crippen molar-refractivity contribution in [3.05, 3.63) is 23.8 Å². The summed E-state index contributed by atoms with van der Waals surface area (Å²) in [6.07, 6.45) is 1.92. The first-order valence-corrected chi connectivity index (χ1v) is 8.75. The molecule has 1 heterocycles. The Hall–Kier alpha value is -2.22. The Morgan fingerprint density at radius 2 is 2.21 bits per heavy atom. The predicted octanol–water partition coefficient (Wildman–Crippen LogP) is 2.15. The van der Waals surface area contributed by atoms with E-state index < -0.39 is 24.0 Å². The molecule has 2 atom stereocenters. The summed E-state index contributed by atoms with van der Waals surface area (Å²) in [6, 6.07) is 3.54. The van der Waals surface area contributed by atoms with Crippen molar-refractivity contribution in [1.29, 1.82) is 0 Å². The first kappa shape index (κ1) is 18.1. The molecule has 2 N–H and O–H groups in total. The number of aromatic hydroxyl groups is 1. The molecule has 0 radical (unpaired) electrons. The number of hydrogen-bond acceptors (Lipinski definition) is 6. The van der Waals surface area contributed by atoms with Crippen molar-refractivity contribution in [3.63, 3.8) is 0 Å². The van der Waals surface area contributed by atoms with Crippen LogP contribution in [0.1, 0.15) is 18.5 Å². The maximum Gasteiger partial charge on any atom is 0.341 e. The van der Waals surface area contributed by atoms with E-state index in [4.69, 9.17) is 9.47 Å². The minimum absolute atomic E-state index is 0.0704. The maximum absolute atomic E-state index is 12.4. The van der Waals surface area contributed by atoms with E-state index in [1.54, 1.807) is 30.8 Å². The molecule has 0 saturated carbocycles. The molecule has 1 aromatic rings. The Morgan fingerprint density at radius 3 is 2.83 bits per heavy atom. The highest BCUT2D eigenvalue weighted by Crippen LogP contribution is 2.33. The van der Waals surface area contributed by atoms with E-state index in [9.17, 15) is 14.7 Å². The zero-order chi connectivity index (χ0) is 17.7. The van der Waals surface area contributed by atoms with E-state index in [0.29, 0.717) is 22.8 Å². The van der Waals surface area contributed by atoms with Crippen molar-refractivity contribution in [2.24, 2.45) is 10.9 Å². The highest BCUT2D eigenvalue weighted by Gasteiger charge is 2.38. The molecule has 2 rings (SSSR count). The van der Waals surface area contributed by atoms with Gasteiger partial charge in [-0.15, -0.1) is 0 Å². The molecule has 8 heteroatoms. The molecule has 1 aliphatic heterocycles. The minimum Gasteiger partial charge on any atom is -0.504 e. The van der Waals surface area contributed by atoms with Crippen LogP contribution in [0.5, 0.6) is 11.5 Å². The van der Waals surface area contributed by atoms with Crippen molar-refractivity contribution in [3.8, 4) is 11.5 Å². The van der Waals surface area contributed by atoms with Gasteiger partial charge in [-0.1, -0.05) is 6.07 Å². The van der Waals surface area contributed by atoms with Gasteiger partial charge in [-0.3, -0.25) is 4.79 Å². The fourth-order valence-electron chi connectivity index (χ4n) is 2.52. The number of methoxy groups -OCH3 is 1. The van der Waals surface area contributed by atoms with Crippen molar-refractivity contribution < 1.29 is 24.2 Å². The molecule has 130 valence electrons. The van der Waals surface area contributed by atoms with E-state index in [1.165, 1.54) is 13.2 Å². The average molecular weight is 352 g/mol. The van der Waals surface area contributed by atoms with Gasteiger partial charge in [-0.05, 0) is 30.9 Å². The Labute approximate surface area is 144 Å². The molecule has 1 aromatic carbocycles. The molecule has 0 aliphatic carbocycles. The van der Waals surface area contributed by atoms with Crippen LogP contribution in [-0.2, 0) is 9.53 Å². The fraction of sp³-hybridized carbons (Fsp3) is 0.438. The summed E-state index contributed by atoms with van der Waals surface area (Å²) in [6.45, 7) is 1.91. The van der Waals surface area contributed by atoms with Crippen LogP contribution in [0.15, 0.2) is 23.2 Å². The number of rotatable bonds is 6. The van der Waals surface area contributed by atoms with Crippen molar-refractivity contribution >= 4 is 29.5 Å². The number of amides is 2. The van der Waals surface area contributed by atoms with E-state index in [0.717, 1.165) is 0 Å². The van der Waals surface area contributed by atoms with Crippen LogP contribution in [0, 0.1) is 5.92 Å². The number of urea groups is 1. The summed E-state index contributed by atoms with van der Waals surface area (Å²) in [5, 5.41) is 12.6. The third-order valence-electron chi connectivity index (χ3n) is 3.69. The summed E-state index contributed by atoms with van der Waals surface area (Å²) in [4.78, 5) is 28.0. The lowest BCUT2D eigenvalue weighted by atomic mass is 9.88. The quantitative estimate of drug-likeness (QED) is 0.601. The molecule has 0 aromatic heterocycles. The number of nitrogens with zero attached hydrogens (tertiary/aromatic N) is 1. The SMILES string of the molecule is COc1ccc(C2NC(=O)N=C(C)C2C(=O)OCCSC)cc1O. The van der Waals surface area contributed by atoms with Gasteiger partial charge >= 0.3 is 12.0 Å². The second kappa shape index (κ2) is 8.05. The Bertz CT molecular complexity index is 662. The molecule has 0 spiro atoms. The summed E-state index contributed by atoms with van der Waals surface area (Å²) in [5.41, 5.74) is 0.955. The van der Waals surface area contributed by atoms with Gasteiger partial charge in [0.1, 0.15) is 12.5 Å². The van der Waals surface area contributed by atoms with Gasteiger partial charge in [0.2, 0.25) is 0 Å². The third-order valence-corrected chi connectivity index (χ3v) is 4.26. The second-order valence-electron chi connectivity index (χ2n) is 5.25. The number of nitrogens with one attached hydrogen (secondary N) is 1. The molecule has 0 saturated heterocycles. The van der Waals surface area contributed by atoms with Crippen LogP contribution in [0.3, 0.4) is 0 Å². The number of ether oxygens (including phenoxy) is 2. The van der Waals surface area contributed by atoms with Gasteiger partial charge in [0.15, 0.2) is 11.5 Å². The normalized spacial score (nSPS) is 20.1. The lowest BCUT2D eigenvalue weighted by Crippen LogP contribution is -2.44.